The van der Waals surface area contributed by atoms with Gasteiger partial charge in [0.2, 0.25) is 5.90 Å². The Bertz CT molecular complexity index is 2080. The molecule has 9 nitrogen and oxygen atoms in total. The molecule has 0 aliphatic carbocycles. The minimum absolute atomic E-state index is 0.0141. The molecule has 0 bridgehead atoms. The Labute approximate surface area is 303 Å². The van der Waals surface area contributed by atoms with Crippen LogP contribution in [-0.4, -0.2) is 56.4 Å². The van der Waals surface area contributed by atoms with Crippen molar-refractivity contribution in [3.63, 3.8) is 0 Å². The van der Waals surface area contributed by atoms with Crippen LogP contribution in [0.5, 0.6) is 5.75 Å². The van der Waals surface area contributed by atoms with Gasteiger partial charge in [0, 0.05) is 31.6 Å². The van der Waals surface area contributed by atoms with Gasteiger partial charge < -0.3 is 14.6 Å². The highest BCUT2D eigenvalue weighted by atomic mass is 32.2. The van der Waals surface area contributed by atoms with E-state index in [0.717, 1.165) is 16.7 Å². The van der Waals surface area contributed by atoms with Crippen LogP contribution in [0.1, 0.15) is 35.6 Å². The van der Waals surface area contributed by atoms with E-state index in [1.807, 2.05) is 54.6 Å². The summed E-state index contributed by atoms with van der Waals surface area (Å²) >= 11 is 0. The molecule has 0 spiro atoms. The third kappa shape index (κ3) is 8.74. The highest BCUT2D eigenvalue weighted by Crippen LogP contribution is 2.43. The first-order valence-corrected chi connectivity index (χ1v) is 18.7. The highest BCUT2D eigenvalue weighted by molar-refractivity contribution is 7.91. The SMILES string of the molecule is O=C(NNCCc1cccc(F)c1)[C@@]1(CCS(=O)(=O)c2ccccc2)N=C(c2ccc(OCCCO)cc2)O[C@H]1c1ccc(-c2ccccc2)cc1. The van der Waals surface area contributed by atoms with Gasteiger partial charge >= 0.3 is 0 Å². The Hall–Kier alpha value is -5.36. The number of benzene rings is 5. The summed E-state index contributed by atoms with van der Waals surface area (Å²) in [5, 5.41) is 9.11. The molecule has 268 valence electrons. The second-order valence-electron chi connectivity index (χ2n) is 12.4. The molecule has 5 aromatic carbocycles. The number of hydrogen-bond acceptors (Lipinski definition) is 8. The summed E-state index contributed by atoms with van der Waals surface area (Å²) in [4.78, 5) is 19.6. The van der Waals surface area contributed by atoms with Crippen molar-refractivity contribution in [1.82, 2.24) is 10.9 Å². The number of ether oxygens (including phenoxy) is 2. The minimum atomic E-state index is -3.83. The van der Waals surface area contributed by atoms with E-state index in [1.165, 1.54) is 24.3 Å². The summed E-state index contributed by atoms with van der Waals surface area (Å²) in [6.07, 6.45) is -0.278. The molecule has 5 aromatic rings. The molecule has 0 saturated carbocycles. The lowest BCUT2D eigenvalue weighted by Crippen LogP contribution is -2.53. The maximum absolute atomic E-state index is 14.5. The van der Waals surface area contributed by atoms with Gasteiger partial charge in [-0.2, -0.15) is 0 Å². The van der Waals surface area contributed by atoms with E-state index in [4.69, 9.17) is 19.6 Å². The van der Waals surface area contributed by atoms with Crippen molar-refractivity contribution < 1.29 is 32.2 Å². The van der Waals surface area contributed by atoms with E-state index in [2.05, 4.69) is 10.9 Å². The fourth-order valence-corrected chi connectivity index (χ4v) is 7.42. The predicted octanol–water partition coefficient (Wildman–Crippen LogP) is 6.24. The quantitative estimate of drug-likeness (QED) is 0.0814. The van der Waals surface area contributed by atoms with Gasteiger partial charge in [0.25, 0.3) is 5.91 Å². The molecule has 0 radical (unpaired) electrons. The van der Waals surface area contributed by atoms with Crippen LogP contribution in [-0.2, 0) is 25.8 Å². The van der Waals surface area contributed by atoms with Gasteiger partial charge in [-0.3, -0.25) is 10.2 Å². The molecule has 1 heterocycles. The van der Waals surface area contributed by atoms with Crippen LogP contribution in [0.15, 0.2) is 143 Å². The van der Waals surface area contributed by atoms with Crippen molar-refractivity contribution >= 4 is 21.6 Å². The Balaban J connectivity index is 1.35. The lowest BCUT2D eigenvalue weighted by atomic mass is 9.84. The molecule has 52 heavy (non-hydrogen) atoms. The van der Waals surface area contributed by atoms with Crippen LogP contribution in [0.25, 0.3) is 11.1 Å². The molecule has 3 N–H and O–H groups in total. The Kier molecular flexibility index (Phi) is 11.8. The molecular formula is C41H40FN3O6S. The van der Waals surface area contributed by atoms with Gasteiger partial charge in [0.15, 0.2) is 21.5 Å². The molecule has 0 fully saturated rings. The number of nitrogens with zero attached hydrogens (tertiary/aromatic N) is 1. The number of aliphatic hydroxyl groups is 1. The van der Waals surface area contributed by atoms with Gasteiger partial charge in [-0.1, -0.05) is 84.9 Å². The van der Waals surface area contributed by atoms with Crippen molar-refractivity contribution in [3.05, 3.63) is 156 Å². The van der Waals surface area contributed by atoms with Gasteiger partial charge in [-0.15, -0.1) is 0 Å². The number of aliphatic hydroxyl groups excluding tert-OH is 1. The third-order valence-corrected chi connectivity index (χ3v) is 10.6. The summed E-state index contributed by atoms with van der Waals surface area (Å²) in [5.41, 5.74) is 7.92. The number of amides is 1. The maximum Gasteiger partial charge on any atom is 0.266 e. The topological polar surface area (TPSA) is 126 Å². The molecule has 2 atom stereocenters. The van der Waals surface area contributed by atoms with Crippen LogP contribution in [0.3, 0.4) is 0 Å². The normalized spacial score (nSPS) is 16.9. The zero-order valence-corrected chi connectivity index (χ0v) is 29.3. The van der Waals surface area contributed by atoms with E-state index in [1.54, 1.807) is 54.6 Å². The van der Waals surface area contributed by atoms with Crippen LogP contribution in [0.2, 0.25) is 0 Å². The first-order valence-electron chi connectivity index (χ1n) is 17.1. The lowest BCUT2D eigenvalue weighted by Gasteiger charge is -2.30. The molecule has 6 rings (SSSR count). The van der Waals surface area contributed by atoms with E-state index >= 15 is 0 Å². The van der Waals surface area contributed by atoms with Crippen LogP contribution in [0.4, 0.5) is 4.39 Å². The monoisotopic (exact) mass is 721 g/mol. The summed E-state index contributed by atoms with van der Waals surface area (Å²) in [6, 6.07) is 38.8. The summed E-state index contributed by atoms with van der Waals surface area (Å²) in [6.45, 7) is 0.638. The molecule has 0 saturated heterocycles. The van der Waals surface area contributed by atoms with Crippen molar-refractivity contribution in [2.75, 3.05) is 25.5 Å². The molecule has 1 aliphatic rings. The van der Waals surface area contributed by atoms with Crippen molar-refractivity contribution in [1.29, 1.82) is 0 Å². The number of sulfone groups is 1. The number of rotatable bonds is 16. The zero-order valence-electron chi connectivity index (χ0n) is 28.5. The molecule has 1 aliphatic heterocycles. The summed E-state index contributed by atoms with van der Waals surface area (Å²) in [5.74, 6) is -0.554. The fourth-order valence-electron chi connectivity index (χ4n) is 6.04. The number of carbonyl (C=O) groups is 1. The molecule has 0 unspecified atom stereocenters. The maximum atomic E-state index is 14.5. The van der Waals surface area contributed by atoms with Crippen molar-refractivity contribution in [2.24, 2.45) is 4.99 Å². The highest BCUT2D eigenvalue weighted by Gasteiger charge is 2.53. The van der Waals surface area contributed by atoms with E-state index in [0.29, 0.717) is 36.3 Å². The van der Waals surface area contributed by atoms with E-state index in [9.17, 15) is 17.6 Å². The summed E-state index contributed by atoms with van der Waals surface area (Å²) < 4.78 is 53.3. The lowest BCUT2D eigenvalue weighted by molar-refractivity contribution is -0.130. The van der Waals surface area contributed by atoms with Crippen LogP contribution >= 0.6 is 0 Å². The van der Waals surface area contributed by atoms with E-state index < -0.39 is 27.4 Å². The summed E-state index contributed by atoms with van der Waals surface area (Å²) in [7, 11) is -3.83. The number of hydrazine groups is 1. The fraction of sp³-hybridized carbons (Fsp3) is 0.220. The second kappa shape index (κ2) is 16.8. The number of nitrogens with one attached hydrogen (secondary N) is 2. The molecular weight excluding hydrogens is 682 g/mol. The predicted molar refractivity (Wildman–Crippen MR) is 198 cm³/mol. The first-order chi connectivity index (χ1) is 25.3. The van der Waals surface area contributed by atoms with Gasteiger partial charge in [0.05, 0.1) is 17.3 Å². The van der Waals surface area contributed by atoms with E-state index in [-0.39, 0.29) is 41.9 Å². The zero-order chi connectivity index (χ0) is 36.4. The largest absolute Gasteiger partial charge is 0.494 e. The van der Waals surface area contributed by atoms with Crippen LogP contribution < -0.4 is 15.6 Å². The van der Waals surface area contributed by atoms with Gasteiger partial charge in [-0.25, -0.2) is 23.2 Å². The Morgan fingerprint density at radius 2 is 1.52 bits per heavy atom. The van der Waals surface area contributed by atoms with Gasteiger partial charge in [-0.05, 0) is 77.2 Å². The van der Waals surface area contributed by atoms with Crippen molar-refractivity contribution in [3.8, 4) is 16.9 Å². The van der Waals surface area contributed by atoms with Crippen molar-refractivity contribution in [2.45, 2.75) is 35.8 Å². The average Bonchev–Trinajstić information content (AvgIpc) is 3.58. The Morgan fingerprint density at radius 3 is 2.21 bits per heavy atom. The number of hydrogen-bond donors (Lipinski definition) is 3. The molecule has 0 aromatic heterocycles. The molecule has 11 heteroatoms. The third-order valence-electron chi connectivity index (χ3n) is 8.83. The smallest absolute Gasteiger partial charge is 0.266 e. The average molecular weight is 722 g/mol. The number of carbonyl (C=O) groups excluding carboxylic acids is 1. The van der Waals surface area contributed by atoms with Crippen LogP contribution in [0, 0.1) is 5.82 Å². The minimum Gasteiger partial charge on any atom is -0.494 e. The number of halogens is 1. The Morgan fingerprint density at radius 1 is 0.846 bits per heavy atom. The standard InChI is InChI=1S/C41H40FN3O6S/c42-35-12-7-9-30(29-35)23-25-43-45-40(47)41(24-28-52(48,49)37-13-5-2-6-14-37)38(33-17-15-32(16-18-33)31-10-3-1-4-11-31)51-39(44-41)34-19-21-36(22-20-34)50-27-8-26-46/h1-7,9-22,29,38,43,46H,8,23-28H2,(H,45,47)/t38-,41-/m0/s1. The first kappa shape index (κ1) is 36.4. The van der Waals surface area contributed by atoms with Gasteiger partial charge in [0.1, 0.15) is 11.6 Å². The molecule has 1 amide bonds. The second-order valence-corrected chi connectivity index (χ2v) is 14.5. The number of aliphatic imine (C=N–C) groups is 1.